The summed E-state index contributed by atoms with van der Waals surface area (Å²) in [5.41, 5.74) is 5.76. The minimum absolute atomic E-state index is 0.388. The summed E-state index contributed by atoms with van der Waals surface area (Å²) >= 11 is 4.01. The second-order valence-corrected chi connectivity index (χ2v) is 9.31. The van der Waals surface area contributed by atoms with E-state index in [0.717, 1.165) is 36.9 Å². The Labute approximate surface area is 135 Å². The zero-order valence-electron chi connectivity index (χ0n) is 12.8. The first-order chi connectivity index (χ1) is 10.2. The molecule has 0 amide bonds. The highest BCUT2D eigenvalue weighted by Gasteiger charge is 2.31. The van der Waals surface area contributed by atoms with Gasteiger partial charge in [0.25, 0.3) is 0 Å². The molecule has 4 nitrogen and oxygen atoms in total. The van der Waals surface area contributed by atoms with Gasteiger partial charge >= 0.3 is 0 Å². The van der Waals surface area contributed by atoms with Crippen molar-refractivity contribution in [2.75, 3.05) is 12.3 Å². The molecule has 3 unspecified atom stereocenters. The minimum atomic E-state index is 0.388. The summed E-state index contributed by atoms with van der Waals surface area (Å²) in [6.07, 6.45) is 4.68. The predicted molar refractivity (Wildman–Crippen MR) is 89.8 cm³/mol. The molecule has 3 rings (SSSR count). The number of rotatable bonds is 3. The number of aromatic nitrogens is 2. The molecular formula is C15H25N3OS2. The first kappa shape index (κ1) is 15.7. The van der Waals surface area contributed by atoms with Gasteiger partial charge in [-0.3, -0.25) is 0 Å². The van der Waals surface area contributed by atoms with Gasteiger partial charge in [-0.05, 0) is 38.1 Å². The van der Waals surface area contributed by atoms with Gasteiger partial charge in [0.15, 0.2) is 5.82 Å². The molecule has 1 aliphatic heterocycles. The quantitative estimate of drug-likeness (QED) is 0.915. The van der Waals surface area contributed by atoms with Crippen LogP contribution in [-0.2, 0) is 0 Å². The lowest BCUT2D eigenvalue weighted by molar-refractivity contribution is 0.274. The lowest BCUT2D eigenvalue weighted by Gasteiger charge is -2.29. The van der Waals surface area contributed by atoms with Gasteiger partial charge in [-0.25, -0.2) is 0 Å². The molecule has 2 N–H and O–H groups in total. The van der Waals surface area contributed by atoms with Crippen LogP contribution in [0.15, 0.2) is 4.52 Å². The third-order valence-corrected chi connectivity index (χ3v) is 8.21. The Balaban J connectivity index is 1.61. The third-order valence-electron chi connectivity index (χ3n) is 4.83. The van der Waals surface area contributed by atoms with E-state index in [2.05, 4.69) is 19.0 Å². The van der Waals surface area contributed by atoms with E-state index in [1.807, 2.05) is 23.5 Å². The van der Waals surface area contributed by atoms with Crippen molar-refractivity contribution in [3.8, 4) is 0 Å². The van der Waals surface area contributed by atoms with E-state index in [4.69, 9.17) is 15.2 Å². The Kier molecular flexibility index (Phi) is 5.17. The van der Waals surface area contributed by atoms with Gasteiger partial charge in [0.05, 0.1) is 5.25 Å². The Bertz CT molecular complexity index is 460. The fraction of sp³-hybridized carbons (Fsp3) is 0.867. The van der Waals surface area contributed by atoms with E-state index < -0.39 is 0 Å². The SMILES string of the molecule is CC1SCC(c2noc(C3CCC(CN)CC3)n2)SC1C. The van der Waals surface area contributed by atoms with Crippen molar-refractivity contribution in [1.82, 2.24) is 10.1 Å². The fourth-order valence-electron chi connectivity index (χ4n) is 3.11. The summed E-state index contributed by atoms with van der Waals surface area (Å²) < 4.78 is 5.57. The molecule has 2 heterocycles. The number of nitrogens with zero attached hydrogens (tertiary/aromatic N) is 2. The summed E-state index contributed by atoms with van der Waals surface area (Å²) in [5.74, 6) is 4.00. The van der Waals surface area contributed by atoms with Crippen LogP contribution in [0.2, 0.25) is 0 Å². The van der Waals surface area contributed by atoms with Crippen LogP contribution >= 0.6 is 23.5 Å². The van der Waals surface area contributed by atoms with Crippen molar-refractivity contribution < 1.29 is 4.52 Å². The van der Waals surface area contributed by atoms with Crippen molar-refractivity contribution in [2.45, 2.75) is 61.2 Å². The van der Waals surface area contributed by atoms with Crippen LogP contribution in [0.25, 0.3) is 0 Å². The molecule has 1 saturated heterocycles. The monoisotopic (exact) mass is 327 g/mol. The molecule has 6 heteroatoms. The highest BCUT2D eigenvalue weighted by molar-refractivity contribution is 8.07. The molecule has 1 aromatic rings. The standard InChI is InChI=1S/C15H25N3OS2/c1-9-10(2)21-13(8-20-9)14-17-15(19-18-14)12-5-3-11(7-16)4-6-12/h9-13H,3-8,16H2,1-2H3. The van der Waals surface area contributed by atoms with Crippen LogP contribution in [0.5, 0.6) is 0 Å². The summed E-state index contributed by atoms with van der Waals surface area (Å²) in [6.45, 7) is 5.41. The molecule has 2 aliphatic rings. The van der Waals surface area contributed by atoms with Gasteiger partial charge in [0.1, 0.15) is 0 Å². The second kappa shape index (κ2) is 6.92. The normalized spacial score (nSPS) is 37.6. The highest BCUT2D eigenvalue weighted by Crippen LogP contribution is 2.44. The van der Waals surface area contributed by atoms with Crippen LogP contribution in [0, 0.1) is 5.92 Å². The molecule has 21 heavy (non-hydrogen) atoms. The van der Waals surface area contributed by atoms with Crippen molar-refractivity contribution >= 4 is 23.5 Å². The Hall–Kier alpha value is -0.200. The van der Waals surface area contributed by atoms with Gasteiger partial charge in [0.2, 0.25) is 5.89 Å². The van der Waals surface area contributed by atoms with Crippen LogP contribution in [0.4, 0.5) is 0 Å². The van der Waals surface area contributed by atoms with Crippen LogP contribution < -0.4 is 5.73 Å². The lowest BCUT2D eigenvalue weighted by atomic mass is 9.82. The van der Waals surface area contributed by atoms with Crippen molar-refractivity contribution in [1.29, 1.82) is 0 Å². The Morgan fingerprint density at radius 1 is 1.19 bits per heavy atom. The van der Waals surface area contributed by atoms with E-state index in [-0.39, 0.29) is 0 Å². The molecule has 0 bridgehead atoms. The molecule has 1 aliphatic carbocycles. The van der Waals surface area contributed by atoms with E-state index in [0.29, 0.717) is 27.6 Å². The summed E-state index contributed by atoms with van der Waals surface area (Å²) in [7, 11) is 0. The summed E-state index contributed by atoms with van der Waals surface area (Å²) in [5, 5.41) is 6.02. The van der Waals surface area contributed by atoms with Crippen molar-refractivity contribution in [2.24, 2.45) is 11.7 Å². The Morgan fingerprint density at radius 3 is 2.62 bits per heavy atom. The van der Waals surface area contributed by atoms with Gasteiger partial charge in [-0.2, -0.15) is 16.7 Å². The average Bonchev–Trinajstić information content (AvgIpc) is 3.00. The first-order valence-electron chi connectivity index (χ1n) is 7.98. The minimum Gasteiger partial charge on any atom is -0.339 e. The predicted octanol–water partition coefficient (Wildman–Crippen LogP) is 3.60. The van der Waals surface area contributed by atoms with Crippen molar-refractivity contribution in [3.05, 3.63) is 11.7 Å². The number of nitrogens with two attached hydrogens (primary N) is 1. The molecular weight excluding hydrogens is 302 g/mol. The maximum absolute atomic E-state index is 5.76. The molecule has 0 spiro atoms. The van der Waals surface area contributed by atoms with Crippen LogP contribution in [0.1, 0.15) is 62.4 Å². The average molecular weight is 328 g/mol. The van der Waals surface area contributed by atoms with Crippen LogP contribution in [-0.4, -0.2) is 32.9 Å². The Morgan fingerprint density at radius 2 is 1.95 bits per heavy atom. The molecule has 0 aromatic carbocycles. The van der Waals surface area contributed by atoms with Gasteiger partial charge < -0.3 is 10.3 Å². The van der Waals surface area contributed by atoms with E-state index in [1.165, 1.54) is 12.8 Å². The fourth-order valence-corrected chi connectivity index (χ4v) is 5.94. The van der Waals surface area contributed by atoms with E-state index >= 15 is 0 Å². The zero-order chi connectivity index (χ0) is 14.8. The lowest BCUT2D eigenvalue weighted by Crippen LogP contribution is -2.22. The third kappa shape index (κ3) is 3.59. The van der Waals surface area contributed by atoms with Gasteiger partial charge in [0, 0.05) is 22.2 Å². The summed E-state index contributed by atoms with van der Waals surface area (Å²) in [4.78, 5) is 4.72. The highest BCUT2D eigenvalue weighted by atomic mass is 32.2. The molecule has 1 saturated carbocycles. The molecule has 1 aromatic heterocycles. The molecule has 3 atom stereocenters. The number of hydrogen-bond donors (Lipinski definition) is 1. The van der Waals surface area contributed by atoms with Crippen molar-refractivity contribution in [3.63, 3.8) is 0 Å². The topological polar surface area (TPSA) is 64.9 Å². The van der Waals surface area contributed by atoms with E-state index in [9.17, 15) is 0 Å². The summed E-state index contributed by atoms with van der Waals surface area (Å²) in [6, 6.07) is 0. The second-order valence-electron chi connectivity index (χ2n) is 6.31. The zero-order valence-corrected chi connectivity index (χ0v) is 14.5. The largest absolute Gasteiger partial charge is 0.339 e. The van der Waals surface area contributed by atoms with E-state index in [1.54, 1.807) is 0 Å². The van der Waals surface area contributed by atoms with Gasteiger partial charge in [-0.1, -0.05) is 19.0 Å². The first-order valence-corrected chi connectivity index (χ1v) is 9.97. The maximum Gasteiger partial charge on any atom is 0.229 e. The molecule has 2 fully saturated rings. The smallest absolute Gasteiger partial charge is 0.229 e. The number of hydrogen-bond acceptors (Lipinski definition) is 6. The van der Waals surface area contributed by atoms with Gasteiger partial charge in [-0.15, -0.1) is 11.8 Å². The number of thioether (sulfide) groups is 2. The molecule has 0 radical (unpaired) electrons. The van der Waals surface area contributed by atoms with Crippen LogP contribution in [0.3, 0.4) is 0 Å². The maximum atomic E-state index is 5.76. The molecule has 118 valence electrons.